The molecule has 0 aliphatic rings. The second kappa shape index (κ2) is 7.87. The Morgan fingerprint density at radius 3 is 2.50 bits per heavy atom. The van der Waals surface area contributed by atoms with Gasteiger partial charge in [0.1, 0.15) is 24.0 Å². The van der Waals surface area contributed by atoms with Crippen molar-refractivity contribution in [1.82, 2.24) is 9.55 Å². The van der Waals surface area contributed by atoms with Gasteiger partial charge >= 0.3 is 0 Å². The van der Waals surface area contributed by atoms with Gasteiger partial charge in [-0.15, -0.1) is 0 Å². The summed E-state index contributed by atoms with van der Waals surface area (Å²) in [6.07, 6.45) is 0. The number of hydrogen-bond acceptors (Lipinski definition) is 3. The van der Waals surface area contributed by atoms with Crippen molar-refractivity contribution < 1.29 is 13.6 Å². The van der Waals surface area contributed by atoms with Crippen LogP contribution in [-0.2, 0) is 11.3 Å². The maximum absolute atomic E-state index is 14.5. The highest BCUT2D eigenvalue weighted by Crippen LogP contribution is 2.22. The van der Waals surface area contributed by atoms with Crippen LogP contribution in [0.25, 0.3) is 22.3 Å². The molecule has 3 aromatic carbocycles. The van der Waals surface area contributed by atoms with Crippen LogP contribution in [0.15, 0.2) is 71.5 Å². The lowest BCUT2D eigenvalue weighted by atomic mass is 10.1. The van der Waals surface area contributed by atoms with Gasteiger partial charge in [0.15, 0.2) is 0 Å². The van der Waals surface area contributed by atoms with Crippen molar-refractivity contribution in [3.05, 3.63) is 94.3 Å². The van der Waals surface area contributed by atoms with Crippen LogP contribution in [0, 0.1) is 18.6 Å². The molecule has 0 radical (unpaired) electrons. The van der Waals surface area contributed by atoms with Gasteiger partial charge in [0.05, 0.1) is 16.5 Å². The number of nitrogens with zero attached hydrogens (tertiary/aromatic N) is 2. The Kier molecular flexibility index (Phi) is 5.10. The van der Waals surface area contributed by atoms with E-state index in [0.717, 1.165) is 4.57 Å². The fourth-order valence-corrected chi connectivity index (χ4v) is 3.18. The fraction of sp³-hybridized carbons (Fsp3) is 0.0870. The summed E-state index contributed by atoms with van der Waals surface area (Å²) in [5.74, 6) is -1.53. The molecule has 0 fully saturated rings. The largest absolute Gasteiger partial charge is 0.324 e. The van der Waals surface area contributed by atoms with E-state index in [9.17, 15) is 18.4 Å². The normalized spacial score (nSPS) is 10.9. The highest BCUT2D eigenvalue weighted by Gasteiger charge is 2.18. The van der Waals surface area contributed by atoms with Crippen LogP contribution in [0.2, 0.25) is 0 Å². The first kappa shape index (κ1) is 19.4. The highest BCUT2D eigenvalue weighted by molar-refractivity contribution is 5.91. The zero-order chi connectivity index (χ0) is 21.3. The summed E-state index contributed by atoms with van der Waals surface area (Å²) < 4.78 is 29.3. The van der Waals surface area contributed by atoms with E-state index in [4.69, 9.17) is 0 Å². The number of para-hydroxylation sites is 1. The van der Waals surface area contributed by atoms with Gasteiger partial charge in [-0.3, -0.25) is 14.2 Å². The lowest BCUT2D eigenvalue weighted by Crippen LogP contribution is -2.30. The number of carbonyl (C=O) groups excluding carboxylic acids is 1. The molecule has 1 amide bonds. The van der Waals surface area contributed by atoms with Crippen molar-refractivity contribution in [2.75, 3.05) is 5.32 Å². The first-order valence-corrected chi connectivity index (χ1v) is 9.24. The molecule has 0 atom stereocenters. The van der Waals surface area contributed by atoms with E-state index in [2.05, 4.69) is 10.3 Å². The summed E-state index contributed by atoms with van der Waals surface area (Å²) in [4.78, 5) is 30.1. The Balaban J connectivity index is 1.78. The minimum atomic E-state index is -0.561. The first-order valence-electron chi connectivity index (χ1n) is 9.24. The van der Waals surface area contributed by atoms with Crippen LogP contribution in [0.4, 0.5) is 14.5 Å². The number of rotatable bonds is 4. The zero-order valence-electron chi connectivity index (χ0n) is 16.0. The van der Waals surface area contributed by atoms with Crippen molar-refractivity contribution in [3.8, 4) is 11.4 Å². The maximum Gasteiger partial charge on any atom is 0.262 e. The Morgan fingerprint density at radius 1 is 1.00 bits per heavy atom. The van der Waals surface area contributed by atoms with Crippen LogP contribution in [-0.4, -0.2) is 15.5 Å². The number of aromatic nitrogens is 2. The summed E-state index contributed by atoms with van der Waals surface area (Å²) in [7, 11) is 0. The molecule has 0 aliphatic carbocycles. The van der Waals surface area contributed by atoms with Gasteiger partial charge in [0.2, 0.25) is 5.91 Å². The van der Waals surface area contributed by atoms with Gasteiger partial charge in [0, 0.05) is 5.69 Å². The summed E-state index contributed by atoms with van der Waals surface area (Å²) >= 11 is 0. The number of halogens is 2. The monoisotopic (exact) mass is 405 g/mol. The van der Waals surface area contributed by atoms with Gasteiger partial charge in [-0.2, -0.15) is 0 Å². The molecule has 1 heterocycles. The average Bonchev–Trinajstić information content (AvgIpc) is 2.73. The molecule has 0 aliphatic heterocycles. The van der Waals surface area contributed by atoms with E-state index in [1.807, 2.05) is 0 Å². The molecule has 0 spiro atoms. The molecule has 1 aromatic heterocycles. The van der Waals surface area contributed by atoms with Crippen molar-refractivity contribution in [3.63, 3.8) is 0 Å². The number of hydrogen-bond donors (Lipinski definition) is 1. The molecule has 5 nitrogen and oxygen atoms in total. The standard InChI is InChI=1S/C23H17F2N3O2/c1-14-10-11-15(12-19(14)25)26-21(29)13-28-22(16-6-2-4-8-18(16)24)27-20-9-5-3-7-17(20)23(28)30/h2-12H,13H2,1H3,(H,26,29). The molecule has 0 saturated carbocycles. The molecular weight excluding hydrogens is 388 g/mol. The second-order valence-electron chi connectivity index (χ2n) is 6.84. The maximum atomic E-state index is 14.5. The van der Waals surface area contributed by atoms with E-state index < -0.39 is 29.6 Å². The van der Waals surface area contributed by atoms with Gasteiger partial charge in [-0.1, -0.05) is 30.3 Å². The van der Waals surface area contributed by atoms with E-state index >= 15 is 0 Å². The Morgan fingerprint density at radius 2 is 1.73 bits per heavy atom. The number of aryl methyl sites for hydroxylation is 1. The number of fused-ring (bicyclic) bond motifs is 1. The number of amides is 1. The quantitative estimate of drug-likeness (QED) is 0.551. The number of anilines is 1. The van der Waals surface area contributed by atoms with Gasteiger partial charge in [-0.25, -0.2) is 13.8 Å². The van der Waals surface area contributed by atoms with Gasteiger partial charge in [-0.05, 0) is 48.9 Å². The SMILES string of the molecule is Cc1ccc(NC(=O)Cn2c(-c3ccccc3F)nc3ccccc3c2=O)cc1F. The lowest BCUT2D eigenvalue weighted by Gasteiger charge is -2.14. The van der Waals surface area contributed by atoms with Crippen LogP contribution >= 0.6 is 0 Å². The zero-order valence-corrected chi connectivity index (χ0v) is 16.0. The van der Waals surface area contributed by atoms with Crippen LogP contribution in [0.3, 0.4) is 0 Å². The van der Waals surface area contributed by atoms with E-state index in [-0.39, 0.29) is 17.1 Å². The Bertz CT molecular complexity index is 1330. The highest BCUT2D eigenvalue weighted by atomic mass is 19.1. The van der Waals surface area contributed by atoms with Crippen LogP contribution in [0.1, 0.15) is 5.56 Å². The molecule has 1 N–H and O–H groups in total. The van der Waals surface area contributed by atoms with Crippen molar-refractivity contribution in [1.29, 1.82) is 0 Å². The molecule has 4 aromatic rings. The number of nitrogens with one attached hydrogen (secondary N) is 1. The van der Waals surface area contributed by atoms with Gasteiger partial charge in [0.25, 0.3) is 5.56 Å². The van der Waals surface area contributed by atoms with Crippen molar-refractivity contribution in [2.45, 2.75) is 13.5 Å². The summed E-state index contributed by atoms with van der Waals surface area (Å²) in [6.45, 7) is 1.21. The molecule has 150 valence electrons. The van der Waals surface area contributed by atoms with Crippen LogP contribution < -0.4 is 10.9 Å². The minimum absolute atomic E-state index is 0.0436. The average molecular weight is 405 g/mol. The Hall–Kier alpha value is -3.87. The van der Waals surface area contributed by atoms with E-state index in [0.29, 0.717) is 16.5 Å². The molecule has 30 heavy (non-hydrogen) atoms. The number of benzene rings is 3. The third kappa shape index (κ3) is 3.69. The Labute approximate surface area is 170 Å². The summed E-state index contributed by atoms with van der Waals surface area (Å²) in [6, 6.07) is 16.9. The molecule has 0 unspecified atom stereocenters. The second-order valence-corrected chi connectivity index (χ2v) is 6.84. The molecular formula is C23H17F2N3O2. The van der Waals surface area contributed by atoms with E-state index in [1.165, 1.54) is 24.3 Å². The number of carbonyl (C=O) groups is 1. The predicted molar refractivity (Wildman–Crippen MR) is 111 cm³/mol. The molecule has 7 heteroatoms. The molecule has 4 rings (SSSR count). The first-order chi connectivity index (χ1) is 14.4. The van der Waals surface area contributed by atoms with Crippen LogP contribution in [0.5, 0.6) is 0 Å². The molecule has 0 saturated heterocycles. The lowest BCUT2D eigenvalue weighted by molar-refractivity contribution is -0.116. The summed E-state index contributed by atoms with van der Waals surface area (Å²) in [5, 5.41) is 2.88. The third-order valence-corrected chi connectivity index (χ3v) is 4.73. The summed E-state index contributed by atoms with van der Waals surface area (Å²) in [5.41, 5.74) is 0.749. The third-order valence-electron chi connectivity index (χ3n) is 4.73. The minimum Gasteiger partial charge on any atom is -0.324 e. The predicted octanol–water partition coefficient (Wildman–Crippen LogP) is 4.29. The topological polar surface area (TPSA) is 64.0 Å². The van der Waals surface area contributed by atoms with E-state index in [1.54, 1.807) is 49.4 Å². The van der Waals surface area contributed by atoms with Crippen molar-refractivity contribution >= 4 is 22.5 Å². The molecule has 0 bridgehead atoms. The van der Waals surface area contributed by atoms with Crippen molar-refractivity contribution in [2.24, 2.45) is 0 Å². The smallest absolute Gasteiger partial charge is 0.262 e. The fourth-order valence-electron chi connectivity index (χ4n) is 3.18. The van der Waals surface area contributed by atoms with Gasteiger partial charge < -0.3 is 5.32 Å².